The molecule has 0 saturated carbocycles. The molecule has 2 aromatic carbocycles. The lowest BCUT2D eigenvalue weighted by Crippen LogP contribution is -2.43. The molecule has 7 nitrogen and oxygen atoms in total. The predicted molar refractivity (Wildman–Crippen MR) is 157 cm³/mol. The number of hydrogen-bond acceptors (Lipinski definition) is 3. The Morgan fingerprint density at radius 2 is 1.90 bits per heavy atom. The summed E-state index contributed by atoms with van der Waals surface area (Å²) in [5, 5.41) is 5.84. The fraction of sp³-hybridized carbons (Fsp3) is 0.531. The lowest BCUT2D eigenvalue weighted by Gasteiger charge is -2.37. The average Bonchev–Trinajstić information content (AvgIpc) is 2.94. The molecular weight excluding hydrogens is 507 g/mol. The third-order valence-electron chi connectivity index (χ3n) is 7.91. The molecule has 214 valence electrons. The first-order chi connectivity index (χ1) is 19.2. The summed E-state index contributed by atoms with van der Waals surface area (Å²) in [5.74, 6) is -0.147. The number of nitrogens with zero attached hydrogens (tertiary/aromatic N) is 2. The number of carbonyl (C=O) groups excluding carboxylic acids is 2. The molecule has 2 N–H and O–H groups in total. The zero-order valence-electron chi connectivity index (χ0n) is 24.2. The molecule has 2 aromatic rings. The molecular formula is C32H42FN4O3+. The van der Waals surface area contributed by atoms with Gasteiger partial charge in [0.2, 0.25) is 0 Å². The number of rotatable bonds is 6. The highest BCUT2D eigenvalue weighted by molar-refractivity contribution is 5.98. The van der Waals surface area contributed by atoms with Gasteiger partial charge in [0.1, 0.15) is 11.2 Å². The van der Waals surface area contributed by atoms with Crippen LogP contribution in [0.5, 0.6) is 0 Å². The normalized spacial score (nSPS) is 19.2. The predicted octanol–water partition coefficient (Wildman–Crippen LogP) is 6.57. The van der Waals surface area contributed by atoms with Gasteiger partial charge in [0.05, 0.1) is 12.6 Å². The van der Waals surface area contributed by atoms with Crippen LogP contribution in [0.2, 0.25) is 0 Å². The summed E-state index contributed by atoms with van der Waals surface area (Å²) in [6.07, 6.45) is 4.34. The van der Waals surface area contributed by atoms with Crippen LogP contribution in [0.1, 0.15) is 85.0 Å². The van der Waals surface area contributed by atoms with Gasteiger partial charge in [-0.1, -0.05) is 30.0 Å². The van der Waals surface area contributed by atoms with Crippen LogP contribution in [-0.2, 0) is 10.4 Å². The van der Waals surface area contributed by atoms with E-state index in [4.69, 9.17) is 4.74 Å². The fourth-order valence-electron chi connectivity index (χ4n) is 5.45. The van der Waals surface area contributed by atoms with Crippen molar-refractivity contribution in [2.24, 2.45) is 0 Å². The van der Waals surface area contributed by atoms with E-state index >= 15 is 4.39 Å². The first-order valence-corrected chi connectivity index (χ1v) is 14.5. The maximum Gasteiger partial charge on any atom is 0.319 e. The number of alkyl halides is 1. The number of piperidine rings is 1. The molecule has 0 bridgehead atoms. The molecule has 2 atom stereocenters. The van der Waals surface area contributed by atoms with Gasteiger partial charge >= 0.3 is 12.1 Å². The van der Waals surface area contributed by atoms with E-state index in [0.29, 0.717) is 36.5 Å². The van der Waals surface area contributed by atoms with E-state index in [1.807, 2.05) is 44.2 Å². The molecule has 0 radical (unpaired) electrons. The molecule has 0 aromatic heterocycles. The summed E-state index contributed by atoms with van der Waals surface area (Å²) < 4.78 is 21.4. The number of amides is 3. The van der Waals surface area contributed by atoms with Crippen molar-refractivity contribution in [2.75, 3.05) is 31.6 Å². The van der Waals surface area contributed by atoms with Crippen LogP contribution in [0.25, 0.3) is 4.85 Å². The molecule has 40 heavy (non-hydrogen) atoms. The van der Waals surface area contributed by atoms with Crippen molar-refractivity contribution < 1.29 is 18.7 Å². The molecule has 8 heteroatoms. The monoisotopic (exact) mass is 549 g/mol. The van der Waals surface area contributed by atoms with E-state index in [0.717, 1.165) is 49.0 Å². The Hall–Kier alpha value is -3.44. The van der Waals surface area contributed by atoms with Crippen molar-refractivity contribution in [3.05, 3.63) is 69.1 Å². The second kappa shape index (κ2) is 13.3. The SMILES string of the molecule is CCCC(C)[N+]#Cc1ccc(C2(F)CCN(C(=O)c3cc(NC(=O)NC4CCCOC4)c(C)cc3C)CC2)cc1. The number of likely N-dealkylation sites (tertiary alicyclic amines) is 1. The molecule has 2 unspecified atom stereocenters. The molecule has 2 fully saturated rings. The van der Waals surface area contributed by atoms with Crippen molar-refractivity contribution in [1.82, 2.24) is 10.2 Å². The van der Waals surface area contributed by atoms with Gasteiger partial charge in [-0.3, -0.25) is 4.79 Å². The number of urea groups is 1. The lowest BCUT2D eigenvalue weighted by molar-refractivity contribution is 0.0421. The minimum absolute atomic E-state index is 0.0214. The average molecular weight is 550 g/mol. The summed E-state index contributed by atoms with van der Waals surface area (Å²) in [6.45, 7) is 9.85. The molecule has 2 saturated heterocycles. The number of hydrogen-bond donors (Lipinski definition) is 2. The van der Waals surface area contributed by atoms with Crippen molar-refractivity contribution in [1.29, 1.82) is 0 Å². The number of anilines is 1. The van der Waals surface area contributed by atoms with Crippen LogP contribution < -0.4 is 10.6 Å². The third-order valence-corrected chi connectivity index (χ3v) is 7.91. The quantitative estimate of drug-likeness (QED) is 0.428. The van der Waals surface area contributed by atoms with Crippen LogP contribution >= 0.6 is 0 Å². The number of halogens is 1. The highest BCUT2D eigenvalue weighted by Crippen LogP contribution is 2.37. The smallest absolute Gasteiger partial charge is 0.319 e. The van der Waals surface area contributed by atoms with Gasteiger partial charge in [-0.25, -0.2) is 9.18 Å². The first kappa shape index (κ1) is 29.5. The topological polar surface area (TPSA) is 75.0 Å². The minimum Gasteiger partial charge on any atom is -0.379 e. The summed E-state index contributed by atoms with van der Waals surface area (Å²) in [7, 11) is 0. The van der Waals surface area contributed by atoms with Crippen molar-refractivity contribution in [2.45, 2.75) is 84.0 Å². The molecule has 2 aliphatic heterocycles. The number of carbonyl (C=O) groups is 2. The van der Waals surface area contributed by atoms with Crippen molar-refractivity contribution in [3.8, 4) is 6.07 Å². The summed E-state index contributed by atoms with van der Waals surface area (Å²) in [6, 6.07) is 13.9. The van der Waals surface area contributed by atoms with Gasteiger partial charge in [-0.2, -0.15) is 0 Å². The summed E-state index contributed by atoms with van der Waals surface area (Å²) in [4.78, 5) is 32.2. The zero-order valence-corrected chi connectivity index (χ0v) is 24.2. The van der Waals surface area contributed by atoms with Crippen LogP contribution in [0.15, 0.2) is 36.4 Å². The van der Waals surface area contributed by atoms with Gasteiger partial charge in [-0.05, 0) is 68.0 Å². The van der Waals surface area contributed by atoms with Gasteiger partial charge in [0, 0.05) is 57.1 Å². The highest BCUT2D eigenvalue weighted by Gasteiger charge is 2.38. The van der Waals surface area contributed by atoms with Gasteiger partial charge < -0.3 is 20.3 Å². The van der Waals surface area contributed by atoms with E-state index in [1.54, 1.807) is 11.0 Å². The van der Waals surface area contributed by atoms with Gasteiger partial charge in [0.25, 0.3) is 11.9 Å². The van der Waals surface area contributed by atoms with Crippen molar-refractivity contribution >= 4 is 17.6 Å². The molecule has 0 aliphatic carbocycles. The van der Waals surface area contributed by atoms with Gasteiger partial charge in [-0.15, -0.1) is 0 Å². The van der Waals surface area contributed by atoms with E-state index < -0.39 is 5.67 Å². The second-order valence-electron chi connectivity index (χ2n) is 11.2. The Bertz CT molecular complexity index is 1250. The minimum atomic E-state index is -1.49. The Balaban J connectivity index is 1.38. The van der Waals surface area contributed by atoms with E-state index in [-0.39, 0.29) is 36.9 Å². The highest BCUT2D eigenvalue weighted by atomic mass is 19.1. The summed E-state index contributed by atoms with van der Waals surface area (Å²) >= 11 is 0. The maximum absolute atomic E-state index is 16.0. The number of ether oxygens (including phenoxy) is 1. The van der Waals surface area contributed by atoms with Crippen LogP contribution in [0.4, 0.5) is 14.9 Å². The molecule has 0 spiro atoms. The standard InChI is InChI=1S/C32H41FN4O3/c1-5-7-24(4)34-20-25-9-11-26(12-10-25)32(33)13-15-37(16-14-32)30(38)28-19-29(23(3)18-22(28)2)36-31(39)35-27-8-6-17-40-21-27/h9-12,18-19,24,27H,5-8,13-17,21H2,1-4H3,(H-,35,36,39)/p+1. The van der Waals surface area contributed by atoms with E-state index in [9.17, 15) is 9.59 Å². The molecule has 2 heterocycles. The zero-order chi connectivity index (χ0) is 28.7. The fourth-order valence-corrected chi connectivity index (χ4v) is 5.45. The van der Waals surface area contributed by atoms with Crippen LogP contribution in [0.3, 0.4) is 0 Å². The van der Waals surface area contributed by atoms with Crippen molar-refractivity contribution in [3.63, 3.8) is 0 Å². The lowest BCUT2D eigenvalue weighted by atomic mass is 9.85. The number of aryl methyl sites for hydroxylation is 2. The number of benzene rings is 2. The van der Waals surface area contributed by atoms with Crippen LogP contribution in [0, 0.1) is 19.9 Å². The number of nitrogens with one attached hydrogen (secondary N) is 2. The third kappa shape index (κ3) is 7.39. The van der Waals surface area contributed by atoms with Crippen LogP contribution in [-0.4, -0.2) is 55.2 Å². The van der Waals surface area contributed by atoms with Gasteiger partial charge in [0.15, 0.2) is 0 Å². The summed E-state index contributed by atoms with van der Waals surface area (Å²) in [5.41, 5.74) is 2.78. The maximum atomic E-state index is 16.0. The largest absolute Gasteiger partial charge is 0.379 e. The molecule has 4 rings (SSSR count). The molecule has 2 aliphatic rings. The Kier molecular flexibility index (Phi) is 9.80. The Morgan fingerprint density at radius 3 is 2.55 bits per heavy atom. The Morgan fingerprint density at radius 1 is 1.18 bits per heavy atom. The Labute approximate surface area is 237 Å². The second-order valence-corrected chi connectivity index (χ2v) is 11.2. The van der Waals surface area contributed by atoms with E-state index in [1.165, 1.54) is 0 Å². The molecule has 3 amide bonds. The van der Waals surface area contributed by atoms with E-state index in [2.05, 4.69) is 35.4 Å². The first-order valence-electron chi connectivity index (χ1n) is 14.5.